The van der Waals surface area contributed by atoms with Crippen LogP contribution < -0.4 is 18.9 Å². The van der Waals surface area contributed by atoms with Crippen molar-refractivity contribution in [1.82, 2.24) is 0 Å². The molecule has 4 aromatic carbocycles. The second kappa shape index (κ2) is 16.1. The Labute approximate surface area is 270 Å². The van der Waals surface area contributed by atoms with Crippen molar-refractivity contribution < 1.29 is 28.4 Å². The van der Waals surface area contributed by atoms with E-state index in [1.54, 1.807) is 0 Å². The molecule has 46 heavy (non-hydrogen) atoms. The van der Waals surface area contributed by atoms with Crippen LogP contribution in [0.25, 0.3) is 0 Å². The highest BCUT2D eigenvalue weighted by Crippen LogP contribution is 2.22. The lowest BCUT2D eigenvalue weighted by atomic mass is 10.1. The first-order chi connectivity index (χ1) is 22.6. The van der Waals surface area contributed by atoms with Crippen LogP contribution in [0.1, 0.15) is 37.3 Å². The summed E-state index contributed by atoms with van der Waals surface area (Å²) in [7, 11) is 0. The van der Waals surface area contributed by atoms with E-state index in [9.17, 15) is 0 Å². The minimum Gasteiger partial charge on any atom is -0.494 e. The van der Waals surface area contributed by atoms with Gasteiger partial charge in [-0.15, -0.1) is 0 Å². The van der Waals surface area contributed by atoms with Crippen LogP contribution in [0.4, 0.5) is 11.4 Å². The second-order valence-corrected chi connectivity index (χ2v) is 11.4. The minimum atomic E-state index is 0.117. The Morgan fingerprint density at radius 1 is 0.609 bits per heavy atom. The molecule has 0 aliphatic carbocycles. The molecule has 8 heteroatoms. The van der Waals surface area contributed by atoms with Crippen molar-refractivity contribution in [3.63, 3.8) is 0 Å². The van der Waals surface area contributed by atoms with E-state index in [1.807, 2.05) is 109 Å². The molecule has 3 unspecified atom stereocenters. The van der Waals surface area contributed by atoms with Crippen molar-refractivity contribution in [3.05, 3.63) is 108 Å². The maximum Gasteiger partial charge on any atom is 0.119 e. The fourth-order valence-electron chi connectivity index (χ4n) is 4.56. The summed E-state index contributed by atoms with van der Waals surface area (Å²) in [5.74, 6) is 3.37. The highest BCUT2D eigenvalue weighted by molar-refractivity contribution is 5.82. The first-order valence-electron chi connectivity index (χ1n) is 15.9. The fourth-order valence-corrected chi connectivity index (χ4v) is 4.56. The first kappa shape index (κ1) is 31.3. The summed E-state index contributed by atoms with van der Waals surface area (Å²) in [5.41, 5.74) is 3.78. The molecule has 2 aliphatic rings. The lowest BCUT2D eigenvalue weighted by Gasteiger charge is -2.15. The van der Waals surface area contributed by atoms with Gasteiger partial charge < -0.3 is 28.4 Å². The van der Waals surface area contributed by atoms with Crippen molar-refractivity contribution >= 4 is 23.8 Å². The van der Waals surface area contributed by atoms with Crippen LogP contribution >= 0.6 is 0 Å². The zero-order chi connectivity index (χ0) is 31.4. The monoisotopic (exact) mass is 620 g/mol. The molecular weight excluding hydrogens is 580 g/mol. The van der Waals surface area contributed by atoms with Gasteiger partial charge in [0.05, 0.1) is 37.3 Å². The molecule has 3 atom stereocenters. The molecule has 0 saturated carbocycles. The summed E-state index contributed by atoms with van der Waals surface area (Å²) < 4.78 is 33.7. The second-order valence-electron chi connectivity index (χ2n) is 11.4. The van der Waals surface area contributed by atoms with Gasteiger partial charge in [0, 0.05) is 12.4 Å². The lowest BCUT2D eigenvalue weighted by Crippen LogP contribution is -2.12. The Kier molecular flexibility index (Phi) is 10.9. The molecule has 2 aliphatic heterocycles. The Morgan fingerprint density at radius 2 is 1.04 bits per heavy atom. The lowest BCUT2D eigenvalue weighted by molar-refractivity contribution is 0.201. The van der Waals surface area contributed by atoms with Gasteiger partial charge in [-0.25, -0.2) is 0 Å². The van der Waals surface area contributed by atoms with Crippen LogP contribution in [0.3, 0.4) is 0 Å². The molecule has 4 aromatic rings. The number of hydrogen-bond acceptors (Lipinski definition) is 8. The molecule has 0 N–H and O–H groups in total. The van der Waals surface area contributed by atoms with Crippen molar-refractivity contribution in [2.75, 3.05) is 33.0 Å². The molecule has 2 saturated heterocycles. The predicted molar refractivity (Wildman–Crippen MR) is 180 cm³/mol. The summed E-state index contributed by atoms with van der Waals surface area (Å²) in [6, 6.07) is 31.5. The molecule has 0 amide bonds. The molecule has 0 radical (unpaired) electrons. The quantitative estimate of drug-likeness (QED) is 0.0642. The van der Waals surface area contributed by atoms with Crippen molar-refractivity contribution in [2.45, 2.75) is 44.5 Å². The summed E-state index contributed by atoms with van der Waals surface area (Å²) >= 11 is 0. The number of ether oxygens (including phenoxy) is 6. The number of hydrogen-bond donors (Lipinski definition) is 0. The molecule has 0 aromatic heterocycles. The van der Waals surface area contributed by atoms with Gasteiger partial charge in [-0.3, -0.25) is 9.98 Å². The first-order valence-corrected chi connectivity index (χ1v) is 15.9. The number of rotatable bonds is 18. The molecule has 6 rings (SSSR count). The van der Waals surface area contributed by atoms with E-state index < -0.39 is 0 Å². The molecule has 2 fully saturated rings. The number of unbranched alkanes of at least 4 members (excludes halogenated alkanes) is 1. The van der Waals surface area contributed by atoms with Gasteiger partial charge in [0.1, 0.15) is 48.4 Å². The van der Waals surface area contributed by atoms with E-state index >= 15 is 0 Å². The summed E-state index contributed by atoms with van der Waals surface area (Å²) in [6.07, 6.45) is 7.26. The van der Waals surface area contributed by atoms with Crippen LogP contribution in [0, 0.1) is 0 Å². The maximum atomic E-state index is 6.12. The maximum absolute atomic E-state index is 6.12. The van der Waals surface area contributed by atoms with E-state index in [4.69, 9.17) is 28.4 Å². The van der Waals surface area contributed by atoms with E-state index in [0.717, 1.165) is 78.0 Å². The number of nitrogens with zero attached hydrogens (tertiary/aromatic N) is 2. The third-order valence-corrected chi connectivity index (χ3v) is 7.45. The van der Waals surface area contributed by atoms with Gasteiger partial charge in [0.2, 0.25) is 0 Å². The highest BCUT2D eigenvalue weighted by Gasteiger charge is 2.23. The smallest absolute Gasteiger partial charge is 0.119 e. The molecule has 0 bridgehead atoms. The van der Waals surface area contributed by atoms with Crippen LogP contribution in [0.5, 0.6) is 23.0 Å². The van der Waals surface area contributed by atoms with Crippen LogP contribution in [-0.2, 0) is 9.47 Å². The molecule has 0 spiro atoms. The molecule has 8 nitrogen and oxygen atoms in total. The van der Waals surface area contributed by atoms with Crippen LogP contribution in [-0.4, -0.2) is 63.8 Å². The summed E-state index contributed by atoms with van der Waals surface area (Å²) in [4.78, 5) is 9.12. The summed E-state index contributed by atoms with van der Waals surface area (Å²) in [6.45, 7) is 5.56. The number of benzene rings is 4. The van der Waals surface area contributed by atoms with Crippen LogP contribution in [0.15, 0.2) is 107 Å². The molecular formula is C38H40N2O6. The predicted octanol–water partition coefficient (Wildman–Crippen LogP) is 7.76. The third-order valence-electron chi connectivity index (χ3n) is 7.45. The summed E-state index contributed by atoms with van der Waals surface area (Å²) in [5, 5.41) is 0. The van der Waals surface area contributed by atoms with Gasteiger partial charge in [-0.1, -0.05) is 0 Å². The third kappa shape index (κ3) is 10.8. The largest absolute Gasteiger partial charge is 0.494 e. The minimum absolute atomic E-state index is 0.117. The molecule has 238 valence electrons. The van der Waals surface area contributed by atoms with E-state index in [2.05, 4.69) is 16.9 Å². The van der Waals surface area contributed by atoms with E-state index in [-0.39, 0.29) is 18.3 Å². The number of epoxide rings is 2. The van der Waals surface area contributed by atoms with E-state index in [0.29, 0.717) is 19.8 Å². The average Bonchev–Trinajstić information content (AvgIpc) is 4.03. The van der Waals surface area contributed by atoms with Gasteiger partial charge >= 0.3 is 0 Å². The molecule has 2 heterocycles. The normalized spacial score (nSPS) is 17.6. The average molecular weight is 621 g/mol. The van der Waals surface area contributed by atoms with Crippen LogP contribution in [0.2, 0.25) is 0 Å². The van der Waals surface area contributed by atoms with Crippen molar-refractivity contribution in [1.29, 1.82) is 0 Å². The highest BCUT2D eigenvalue weighted by atomic mass is 16.6. The Bertz CT molecular complexity index is 1550. The topological polar surface area (TPSA) is 86.7 Å². The van der Waals surface area contributed by atoms with Crippen molar-refractivity contribution in [2.24, 2.45) is 9.98 Å². The zero-order valence-corrected chi connectivity index (χ0v) is 26.1. The fraction of sp³-hybridized carbons (Fsp3) is 0.316. The van der Waals surface area contributed by atoms with Gasteiger partial charge in [-0.05, 0) is 134 Å². The SMILES string of the molecule is CC(CCCCOc1ccc(C=Nc2ccc(OCC3CO3)cc2)cc1)Oc1ccc(C=Nc2ccc(OCC3CO3)cc2)cc1. The van der Waals surface area contributed by atoms with E-state index in [1.165, 1.54) is 0 Å². The Balaban J connectivity index is 0.840. The standard InChI is InChI=1S/C38H40N2O6/c1-28(46-36-15-7-30(8-16-36)23-40-32-11-19-35(20-12-32)43-25-38-27-45-38)4-2-3-21-41-33-13-5-29(6-14-33)22-39-31-9-17-34(18-10-31)42-24-37-26-44-37/h5-20,22-23,28,37-38H,2-4,21,24-27H2,1H3. The number of aliphatic imine (C=N–C) groups is 2. The van der Waals surface area contributed by atoms with Crippen molar-refractivity contribution in [3.8, 4) is 23.0 Å². The Morgan fingerprint density at radius 3 is 1.52 bits per heavy atom. The zero-order valence-electron chi connectivity index (χ0n) is 26.1. The van der Waals surface area contributed by atoms with Gasteiger partial charge in [-0.2, -0.15) is 0 Å². The Hall–Kier alpha value is -4.66. The van der Waals surface area contributed by atoms with Gasteiger partial charge in [0.15, 0.2) is 0 Å². The van der Waals surface area contributed by atoms with Gasteiger partial charge in [0.25, 0.3) is 0 Å².